The lowest BCUT2D eigenvalue weighted by Crippen LogP contribution is -2.07. The Morgan fingerprint density at radius 1 is 1.14 bits per heavy atom. The summed E-state index contributed by atoms with van der Waals surface area (Å²) in [5.41, 5.74) is 14.7. The van der Waals surface area contributed by atoms with Gasteiger partial charge in [-0.25, -0.2) is 4.98 Å². The molecule has 1 aromatic heterocycles. The van der Waals surface area contributed by atoms with Crippen molar-refractivity contribution in [2.24, 2.45) is 0 Å². The molecule has 0 aliphatic carbocycles. The van der Waals surface area contributed by atoms with Crippen LogP contribution in [-0.4, -0.2) is 17.1 Å². The normalized spacial score (nSPS) is 12.1. The Bertz CT molecular complexity index is 602. The van der Waals surface area contributed by atoms with Gasteiger partial charge in [-0.05, 0) is 49.8 Å². The smallest absolute Gasteiger partial charge is 0.222 e. The largest absolute Gasteiger partial charge is 0.497 e. The Balaban J connectivity index is 1.93. The van der Waals surface area contributed by atoms with Gasteiger partial charge in [-0.15, -0.1) is 0 Å². The molecule has 0 aliphatic heterocycles. The third-order valence-electron chi connectivity index (χ3n) is 4.01. The van der Waals surface area contributed by atoms with Crippen LogP contribution in [0, 0.1) is 6.92 Å². The monoisotopic (exact) mass is 300 g/mol. The van der Waals surface area contributed by atoms with Crippen LogP contribution >= 0.6 is 0 Å². The number of hydrogen-bond acceptors (Lipinski definition) is 5. The van der Waals surface area contributed by atoms with Gasteiger partial charge in [0.05, 0.1) is 7.11 Å². The van der Waals surface area contributed by atoms with Crippen molar-refractivity contribution in [2.45, 2.75) is 39.0 Å². The number of aromatic nitrogens is 2. The lowest BCUT2D eigenvalue weighted by atomic mass is 9.94. The van der Waals surface area contributed by atoms with Crippen LogP contribution in [0.5, 0.6) is 5.75 Å². The van der Waals surface area contributed by atoms with Gasteiger partial charge in [0.25, 0.3) is 0 Å². The molecule has 5 nitrogen and oxygen atoms in total. The molecule has 0 amide bonds. The van der Waals surface area contributed by atoms with Gasteiger partial charge in [0, 0.05) is 11.3 Å². The highest BCUT2D eigenvalue weighted by Gasteiger charge is 2.10. The maximum absolute atomic E-state index is 5.94. The summed E-state index contributed by atoms with van der Waals surface area (Å²) in [6.45, 7) is 4.16. The molecule has 0 saturated carbocycles. The number of nitrogens with zero attached hydrogens (tertiary/aromatic N) is 2. The van der Waals surface area contributed by atoms with Crippen molar-refractivity contribution in [1.82, 2.24) is 9.97 Å². The highest BCUT2D eigenvalue weighted by molar-refractivity contribution is 5.45. The SMILES string of the molecule is COc1ccc(C(C)CCCc2c(C)nc(N)nc2N)cc1. The predicted octanol–water partition coefficient (Wildman–Crippen LogP) is 3.08. The second kappa shape index (κ2) is 7.11. The van der Waals surface area contributed by atoms with Gasteiger partial charge in [-0.2, -0.15) is 4.98 Å². The number of hydrogen-bond donors (Lipinski definition) is 2. The topological polar surface area (TPSA) is 87.0 Å². The van der Waals surface area contributed by atoms with Crippen LogP contribution in [0.25, 0.3) is 0 Å². The van der Waals surface area contributed by atoms with Gasteiger partial charge >= 0.3 is 0 Å². The zero-order valence-electron chi connectivity index (χ0n) is 13.5. The van der Waals surface area contributed by atoms with Gasteiger partial charge in [-0.3, -0.25) is 0 Å². The van der Waals surface area contributed by atoms with Crippen LogP contribution in [-0.2, 0) is 6.42 Å². The summed E-state index contributed by atoms with van der Waals surface area (Å²) >= 11 is 0. The minimum atomic E-state index is 0.241. The number of rotatable bonds is 6. The summed E-state index contributed by atoms with van der Waals surface area (Å²) in [4.78, 5) is 8.22. The Kier molecular flexibility index (Phi) is 5.20. The summed E-state index contributed by atoms with van der Waals surface area (Å²) in [5, 5.41) is 0. The van der Waals surface area contributed by atoms with Crippen molar-refractivity contribution in [2.75, 3.05) is 18.6 Å². The Morgan fingerprint density at radius 2 is 1.82 bits per heavy atom. The molecular formula is C17H24N4O. The number of nitrogens with two attached hydrogens (primary N) is 2. The first-order valence-electron chi connectivity index (χ1n) is 7.53. The lowest BCUT2D eigenvalue weighted by Gasteiger charge is -2.13. The van der Waals surface area contributed by atoms with Gasteiger partial charge < -0.3 is 16.2 Å². The van der Waals surface area contributed by atoms with Crippen molar-refractivity contribution in [3.05, 3.63) is 41.1 Å². The molecule has 0 aliphatic rings. The molecule has 1 heterocycles. The number of ether oxygens (including phenoxy) is 1. The van der Waals surface area contributed by atoms with E-state index in [2.05, 4.69) is 29.0 Å². The molecule has 118 valence electrons. The van der Waals surface area contributed by atoms with E-state index in [9.17, 15) is 0 Å². The number of nitrogen functional groups attached to an aromatic ring is 2. The summed E-state index contributed by atoms with van der Waals surface area (Å²) in [7, 11) is 1.68. The first-order chi connectivity index (χ1) is 10.5. The molecule has 0 radical (unpaired) electrons. The van der Waals surface area contributed by atoms with E-state index in [1.165, 1.54) is 5.56 Å². The Morgan fingerprint density at radius 3 is 2.41 bits per heavy atom. The zero-order chi connectivity index (χ0) is 16.1. The van der Waals surface area contributed by atoms with Crippen molar-refractivity contribution >= 4 is 11.8 Å². The fourth-order valence-corrected chi connectivity index (χ4v) is 2.63. The van der Waals surface area contributed by atoms with Gasteiger partial charge in [0.15, 0.2) is 0 Å². The van der Waals surface area contributed by atoms with Gasteiger partial charge in [-0.1, -0.05) is 19.1 Å². The molecule has 0 saturated heterocycles. The highest BCUT2D eigenvalue weighted by Crippen LogP contribution is 2.25. The van der Waals surface area contributed by atoms with E-state index < -0.39 is 0 Å². The van der Waals surface area contributed by atoms with Gasteiger partial charge in [0.2, 0.25) is 5.95 Å². The molecule has 2 aromatic rings. The fourth-order valence-electron chi connectivity index (χ4n) is 2.63. The van der Waals surface area contributed by atoms with Crippen molar-refractivity contribution in [1.29, 1.82) is 0 Å². The first kappa shape index (κ1) is 16.1. The van der Waals surface area contributed by atoms with Crippen molar-refractivity contribution in [3.8, 4) is 5.75 Å². The molecular weight excluding hydrogens is 276 g/mol. The molecule has 1 aromatic carbocycles. The average molecular weight is 300 g/mol. The third-order valence-corrected chi connectivity index (χ3v) is 4.01. The molecule has 0 fully saturated rings. The average Bonchev–Trinajstić information content (AvgIpc) is 2.49. The van der Waals surface area contributed by atoms with E-state index in [1.54, 1.807) is 7.11 Å². The number of benzene rings is 1. The minimum absolute atomic E-state index is 0.241. The quantitative estimate of drug-likeness (QED) is 0.856. The lowest BCUT2D eigenvalue weighted by molar-refractivity contribution is 0.414. The van der Waals surface area contributed by atoms with E-state index in [1.807, 2.05) is 19.1 Å². The number of aryl methyl sites for hydroxylation is 1. The molecule has 1 atom stereocenters. The zero-order valence-corrected chi connectivity index (χ0v) is 13.5. The maximum atomic E-state index is 5.94. The second-order valence-electron chi connectivity index (χ2n) is 5.60. The molecule has 1 unspecified atom stereocenters. The van der Waals surface area contributed by atoms with E-state index in [0.717, 1.165) is 36.3 Å². The number of methoxy groups -OCH3 is 1. The van der Waals surface area contributed by atoms with Crippen LogP contribution in [0.3, 0.4) is 0 Å². The standard InChI is InChI=1S/C17H24N4O/c1-11(13-7-9-14(22-3)10-8-13)5-4-6-15-12(2)20-17(19)21-16(15)18/h7-11H,4-6H2,1-3H3,(H4,18,19,20,21). The van der Waals surface area contributed by atoms with Crippen LogP contribution in [0.1, 0.15) is 42.5 Å². The highest BCUT2D eigenvalue weighted by atomic mass is 16.5. The van der Waals surface area contributed by atoms with Crippen molar-refractivity contribution < 1.29 is 4.74 Å². The van der Waals surface area contributed by atoms with Crippen LogP contribution in [0.2, 0.25) is 0 Å². The van der Waals surface area contributed by atoms with E-state index in [4.69, 9.17) is 16.2 Å². The molecule has 0 spiro atoms. The summed E-state index contributed by atoms with van der Waals surface area (Å²) in [5.74, 6) is 2.12. The molecule has 4 N–H and O–H groups in total. The summed E-state index contributed by atoms with van der Waals surface area (Å²) in [6.07, 6.45) is 2.99. The predicted molar refractivity (Wildman–Crippen MR) is 89.9 cm³/mol. The molecule has 2 rings (SSSR count). The second-order valence-corrected chi connectivity index (χ2v) is 5.60. The fraction of sp³-hybridized carbons (Fsp3) is 0.412. The van der Waals surface area contributed by atoms with Crippen LogP contribution in [0.4, 0.5) is 11.8 Å². The van der Waals surface area contributed by atoms with Gasteiger partial charge in [0.1, 0.15) is 11.6 Å². The first-order valence-corrected chi connectivity index (χ1v) is 7.53. The van der Waals surface area contributed by atoms with Crippen molar-refractivity contribution in [3.63, 3.8) is 0 Å². The molecule has 0 bridgehead atoms. The van der Waals surface area contributed by atoms with Crippen LogP contribution < -0.4 is 16.2 Å². The van der Waals surface area contributed by atoms with E-state index >= 15 is 0 Å². The van der Waals surface area contributed by atoms with Crippen LogP contribution in [0.15, 0.2) is 24.3 Å². The number of anilines is 2. The molecule has 5 heteroatoms. The summed E-state index contributed by atoms with van der Waals surface area (Å²) in [6, 6.07) is 8.24. The Labute approximate surface area is 131 Å². The molecule has 22 heavy (non-hydrogen) atoms. The summed E-state index contributed by atoms with van der Waals surface area (Å²) < 4.78 is 5.19. The van der Waals surface area contributed by atoms with E-state index in [-0.39, 0.29) is 5.95 Å². The van der Waals surface area contributed by atoms with E-state index in [0.29, 0.717) is 11.7 Å². The third kappa shape index (κ3) is 3.87. The minimum Gasteiger partial charge on any atom is -0.497 e. The maximum Gasteiger partial charge on any atom is 0.222 e. The Hall–Kier alpha value is -2.30.